The number of benzene rings is 2. The zero-order valence-electron chi connectivity index (χ0n) is 41.9. The van der Waals surface area contributed by atoms with E-state index >= 15 is 4.39 Å². The number of carbonyl (C=O) groups is 4. The number of alkyl carbamates (subject to hydrolysis) is 2. The minimum Gasteiger partial charge on any atom is -0.464 e. The van der Waals surface area contributed by atoms with Crippen molar-refractivity contribution in [2.45, 2.75) is 128 Å². The Bertz CT molecular complexity index is 3100. The maximum absolute atomic E-state index is 17.0. The van der Waals surface area contributed by atoms with Crippen molar-refractivity contribution in [3.05, 3.63) is 82.3 Å². The number of aromatic nitrogens is 6. The zero-order valence-corrected chi connectivity index (χ0v) is 42.8. The number of halogens is 1. The van der Waals surface area contributed by atoms with E-state index in [0.717, 1.165) is 57.7 Å². The summed E-state index contributed by atoms with van der Waals surface area (Å²) in [4.78, 5) is 79.1. The van der Waals surface area contributed by atoms with Crippen molar-refractivity contribution in [2.75, 3.05) is 20.8 Å². The van der Waals surface area contributed by atoms with Crippen molar-refractivity contribution in [1.29, 1.82) is 0 Å². The molecule has 5 aliphatic rings. The Hall–Kier alpha value is -6.80. The normalized spacial score (nSPS) is 24.9. The molecule has 384 valence electrons. The van der Waals surface area contributed by atoms with Crippen LogP contribution < -0.4 is 15.4 Å². The van der Waals surface area contributed by atoms with Gasteiger partial charge in [0.1, 0.15) is 35.3 Å². The Morgan fingerprint density at radius 3 is 2.27 bits per heavy atom. The number of likely N-dealkylation sites (tertiary alicyclic amines) is 2. The van der Waals surface area contributed by atoms with E-state index in [1.54, 1.807) is 28.6 Å². The molecule has 10 atom stereocenters. The molecule has 3 saturated heterocycles. The summed E-state index contributed by atoms with van der Waals surface area (Å²) in [6, 6.07) is 9.26. The highest BCUT2D eigenvalue weighted by Gasteiger charge is 2.57. The van der Waals surface area contributed by atoms with E-state index in [2.05, 4.69) is 38.6 Å². The van der Waals surface area contributed by atoms with E-state index in [1.807, 2.05) is 67.6 Å². The molecule has 0 bridgehead atoms. The van der Waals surface area contributed by atoms with Crippen molar-refractivity contribution < 1.29 is 42.5 Å². The van der Waals surface area contributed by atoms with Crippen molar-refractivity contribution >= 4 is 46.2 Å². The van der Waals surface area contributed by atoms with Crippen molar-refractivity contribution in [1.82, 2.24) is 49.9 Å². The lowest BCUT2D eigenvalue weighted by Gasteiger charge is -2.38. The topological polar surface area (TPSA) is 211 Å². The van der Waals surface area contributed by atoms with Crippen LogP contribution in [0, 0.1) is 23.6 Å². The smallest absolute Gasteiger partial charge is 0.407 e. The first-order valence-electron chi connectivity index (χ1n) is 25.4. The molecule has 1 aliphatic carbocycles. The van der Waals surface area contributed by atoms with Gasteiger partial charge in [0, 0.05) is 35.3 Å². The summed E-state index contributed by atoms with van der Waals surface area (Å²) >= 11 is 1.55. The van der Waals surface area contributed by atoms with Crippen LogP contribution in [0.1, 0.15) is 113 Å². The number of hydrogen-bond donors (Lipinski definition) is 4. The predicted octanol–water partition coefficient (Wildman–Crippen LogP) is 8.82. The molecular weight excluding hydrogens is 956 g/mol. The SMILES string of the molecule is CCc1ncc(C2Oc3cc(-c4cnc([C@@H]5CCCN5C(=O)[C@@H](NC(=O)OC)C(C)C)[nH]4)cc(F)c3-c3cc4cc(-c5cnc([C@@H]6C[C@H]7C[C@H]7N6C(=O)[C@@H](NC(=O)OC)C6C[C@@H](C)O[C@@H](C)C6)[nH]5)ccc4n32)s1. The van der Waals surface area contributed by atoms with E-state index in [0.29, 0.717) is 71.6 Å². The summed E-state index contributed by atoms with van der Waals surface area (Å²) < 4.78 is 41.6. The lowest BCUT2D eigenvalue weighted by Crippen LogP contribution is -2.55. The van der Waals surface area contributed by atoms with Gasteiger partial charge in [0.15, 0.2) is 0 Å². The Labute approximate surface area is 425 Å². The number of amides is 4. The molecule has 20 heteroatoms. The molecule has 4 aromatic heterocycles. The Kier molecular flexibility index (Phi) is 12.8. The number of carbonyl (C=O) groups excluding carboxylic acids is 4. The number of methoxy groups -OCH3 is 2. The van der Waals surface area contributed by atoms with Gasteiger partial charge in [0.25, 0.3) is 0 Å². The number of imidazole rings is 2. The third kappa shape index (κ3) is 8.89. The second-order valence-electron chi connectivity index (χ2n) is 20.6. The van der Waals surface area contributed by atoms with Crippen LogP contribution in [0.25, 0.3) is 44.7 Å². The monoisotopic (exact) mass is 1020 g/mol. The maximum Gasteiger partial charge on any atom is 0.407 e. The van der Waals surface area contributed by atoms with Gasteiger partial charge in [-0.3, -0.25) is 14.2 Å². The van der Waals surface area contributed by atoms with E-state index in [4.69, 9.17) is 28.9 Å². The molecule has 73 heavy (non-hydrogen) atoms. The number of thiazole rings is 1. The summed E-state index contributed by atoms with van der Waals surface area (Å²) in [5, 5.41) is 7.40. The summed E-state index contributed by atoms with van der Waals surface area (Å²) in [5.41, 5.74) is 4.53. The highest BCUT2D eigenvalue weighted by molar-refractivity contribution is 7.11. The van der Waals surface area contributed by atoms with E-state index in [-0.39, 0.29) is 54.0 Å². The van der Waals surface area contributed by atoms with Gasteiger partial charge in [0.05, 0.1) is 89.0 Å². The molecule has 4 amide bonds. The van der Waals surface area contributed by atoms with Crippen LogP contribution in [0.5, 0.6) is 5.75 Å². The number of rotatable bonds is 12. The summed E-state index contributed by atoms with van der Waals surface area (Å²) in [6.07, 6.45) is 8.36. The predicted molar refractivity (Wildman–Crippen MR) is 269 cm³/mol. The standard InChI is InChI=1S/C53H61FN10O8S/c1-8-43-55-24-42(73-43)51-64-36-12-11-28(34-22-57-48(58-34)40-20-31-18-38(31)63(40)50(66)46(61-53(68)70-7)32-14-26(4)71-27(5)15-32)16-30(36)19-39(64)44-33(54)17-29(21-41(44)72-51)35-23-56-47(59-35)37-10-9-13-62(37)49(65)45(25(2)3)60-52(67)69-6/h11-12,16-17,19,21-27,31-32,37-38,40,45-46,51H,8-10,13-15,18,20H2,1-7H3,(H,56,59)(H,57,58)(H,60,67)(H,61,68)/t26-,27+,31-,32?,37+,38-,40+,45+,46+,51?/m1/s1. The van der Waals surface area contributed by atoms with Crippen LogP contribution in [-0.2, 0) is 30.2 Å². The molecule has 4 fully saturated rings. The summed E-state index contributed by atoms with van der Waals surface area (Å²) in [7, 11) is 2.58. The zero-order chi connectivity index (χ0) is 51.0. The number of hydrogen-bond acceptors (Lipinski definition) is 12. The fourth-order valence-corrected chi connectivity index (χ4v) is 12.7. The van der Waals surface area contributed by atoms with Gasteiger partial charge in [-0.15, -0.1) is 11.3 Å². The molecule has 8 heterocycles. The average Bonchev–Trinajstić information content (AvgIpc) is 4.14. The average molecular weight is 1020 g/mol. The number of nitrogens with zero attached hydrogens (tertiary/aromatic N) is 6. The minimum absolute atomic E-state index is 0.0498. The third-order valence-electron chi connectivity index (χ3n) is 15.4. The molecule has 2 aromatic carbocycles. The molecule has 0 radical (unpaired) electrons. The number of aromatic amines is 2. The summed E-state index contributed by atoms with van der Waals surface area (Å²) in [5.74, 6) is 0.850. The Morgan fingerprint density at radius 2 is 1.58 bits per heavy atom. The van der Waals surface area contributed by atoms with Gasteiger partial charge < -0.3 is 49.3 Å². The maximum atomic E-state index is 17.0. The van der Waals surface area contributed by atoms with Gasteiger partial charge >= 0.3 is 12.2 Å². The quantitative estimate of drug-likeness (QED) is 0.0910. The van der Waals surface area contributed by atoms with Gasteiger partial charge in [-0.2, -0.15) is 0 Å². The van der Waals surface area contributed by atoms with E-state index in [9.17, 15) is 19.2 Å². The molecule has 11 rings (SSSR count). The fourth-order valence-electron chi connectivity index (χ4n) is 11.9. The molecular formula is C53H61FN10O8S. The number of ether oxygens (including phenoxy) is 4. The van der Waals surface area contributed by atoms with Crippen molar-refractivity contribution in [3.8, 4) is 39.5 Å². The van der Waals surface area contributed by atoms with Gasteiger partial charge in [0.2, 0.25) is 18.0 Å². The van der Waals surface area contributed by atoms with Crippen LogP contribution in [-0.4, -0.2) is 114 Å². The highest BCUT2D eigenvalue weighted by atomic mass is 32.1. The number of nitrogens with one attached hydrogen (secondary N) is 4. The molecule has 4 N–H and O–H groups in total. The van der Waals surface area contributed by atoms with Crippen LogP contribution in [0.2, 0.25) is 0 Å². The lowest BCUT2D eigenvalue weighted by atomic mass is 9.85. The van der Waals surface area contributed by atoms with Crippen LogP contribution in [0.3, 0.4) is 0 Å². The minimum atomic E-state index is -0.777. The van der Waals surface area contributed by atoms with Gasteiger partial charge in [-0.1, -0.05) is 26.8 Å². The first-order valence-corrected chi connectivity index (χ1v) is 26.2. The molecule has 2 unspecified atom stereocenters. The number of piperidine rings is 1. The number of fused-ring (bicyclic) bond motifs is 6. The van der Waals surface area contributed by atoms with Gasteiger partial charge in [-0.05, 0) is 107 Å². The van der Waals surface area contributed by atoms with Crippen molar-refractivity contribution in [2.24, 2.45) is 17.8 Å². The molecule has 4 aliphatic heterocycles. The number of H-pyrrole nitrogens is 2. The summed E-state index contributed by atoms with van der Waals surface area (Å²) in [6.45, 7) is 10.3. The fraction of sp³-hybridized carbons (Fsp3) is 0.491. The first kappa shape index (κ1) is 48.5. The first-order chi connectivity index (χ1) is 35.2. The van der Waals surface area contributed by atoms with Crippen LogP contribution in [0.15, 0.2) is 55.0 Å². The molecule has 1 saturated carbocycles. The van der Waals surface area contributed by atoms with Crippen molar-refractivity contribution in [3.63, 3.8) is 0 Å². The number of aryl methyl sites for hydroxylation is 1. The highest BCUT2D eigenvalue weighted by Crippen LogP contribution is 2.54. The molecule has 18 nitrogen and oxygen atoms in total. The van der Waals surface area contributed by atoms with E-state index in [1.165, 1.54) is 20.3 Å². The second kappa shape index (κ2) is 19.2. The third-order valence-corrected chi connectivity index (χ3v) is 16.6. The largest absolute Gasteiger partial charge is 0.464 e. The van der Waals surface area contributed by atoms with Crippen LogP contribution >= 0.6 is 11.3 Å². The van der Waals surface area contributed by atoms with Gasteiger partial charge in [-0.25, -0.2) is 28.9 Å². The molecule has 0 spiro atoms. The Balaban J connectivity index is 0.893. The van der Waals surface area contributed by atoms with Crippen LogP contribution in [0.4, 0.5) is 14.0 Å². The Morgan fingerprint density at radius 1 is 0.863 bits per heavy atom. The lowest BCUT2D eigenvalue weighted by molar-refractivity contribution is -0.140. The second-order valence-corrected chi connectivity index (χ2v) is 21.7. The molecule has 6 aromatic rings. The van der Waals surface area contributed by atoms with E-state index < -0.39 is 36.3 Å².